The Bertz CT molecular complexity index is 537. The quantitative estimate of drug-likeness (QED) is 0.830. The molecule has 2 rings (SSSR count). The number of hydrogen-bond acceptors (Lipinski definition) is 2. The average Bonchev–Trinajstić information content (AvgIpc) is 2.57. The number of hydrogen-bond donors (Lipinski definition) is 1. The van der Waals surface area contributed by atoms with Crippen LogP contribution < -0.4 is 5.73 Å². The second-order valence-corrected chi connectivity index (χ2v) is 4.58. The van der Waals surface area contributed by atoms with Crippen LogP contribution in [-0.4, -0.2) is 0 Å². The van der Waals surface area contributed by atoms with E-state index < -0.39 is 17.5 Å². The summed E-state index contributed by atoms with van der Waals surface area (Å²) in [4.78, 5) is 0. The van der Waals surface area contributed by atoms with Gasteiger partial charge in [-0.05, 0) is 37.6 Å². The highest BCUT2D eigenvalue weighted by atomic mass is 19.4. The highest BCUT2D eigenvalue weighted by Gasteiger charge is 2.35. The van der Waals surface area contributed by atoms with Crippen LogP contribution in [0.1, 0.15) is 25.2 Å². The topological polar surface area (TPSA) is 39.2 Å². The van der Waals surface area contributed by atoms with Gasteiger partial charge >= 0.3 is 6.18 Å². The molecule has 0 aliphatic rings. The van der Waals surface area contributed by atoms with Crippen molar-refractivity contribution in [2.24, 2.45) is 5.73 Å². The fraction of sp³-hybridized carbons (Fsp3) is 0.333. The second-order valence-electron chi connectivity index (χ2n) is 4.58. The van der Waals surface area contributed by atoms with Crippen molar-refractivity contribution >= 4 is 11.0 Å². The zero-order valence-corrected chi connectivity index (χ0v) is 9.43. The number of benzene rings is 1. The molecule has 0 aliphatic carbocycles. The minimum absolute atomic E-state index is 0.213. The van der Waals surface area contributed by atoms with Gasteiger partial charge in [0.1, 0.15) is 5.58 Å². The van der Waals surface area contributed by atoms with E-state index >= 15 is 0 Å². The number of nitrogens with two attached hydrogens (primary N) is 1. The van der Waals surface area contributed by atoms with E-state index in [0.717, 1.165) is 11.6 Å². The smallest absolute Gasteiger partial charge is 0.449 e. The molecule has 0 aliphatic heterocycles. The number of furan rings is 1. The van der Waals surface area contributed by atoms with Gasteiger partial charge < -0.3 is 10.2 Å². The largest absolute Gasteiger partial charge is 0.452 e. The molecule has 1 heterocycles. The third kappa shape index (κ3) is 2.29. The second kappa shape index (κ2) is 3.50. The van der Waals surface area contributed by atoms with Gasteiger partial charge in [-0.25, -0.2) is 0 Å². The molecule has 2 N–H and O–H groups in total. The molecule has 92 valence electrons. The predicted molar refractivity (Wildman–Crippen MR) is 58.4 cm³/mol. The summed E-state index contributed by atoms with van der Waals surface area (Å²) in [6.45, 7) is 3.58. The molecule has 5 heteroatoms. The van der Waals surface area contributed by atoms with Crippen LogP contribution in [0.5, 0.6) is 0 Å². The molecule has 0 saturated heterocycles. The molecule has 0 atom stereocenters. The molecular weight excluding hydrogens is 231 g/mol. The predicted octanol–water partition coefficient (Wildman–Crippen LogP) is 3.65. The van der Waals surface area contributed by atoms with Crippen molar-refractivity contribution in [2.45, 2.75) is 25.6 Å². The van der Waals surface area contributed by atoms with Crippen LogP contribution in [0.3, 0.4) is 0 Å². The van der Waals surface area contributed by atoms with E-state index in [-0.39, 0.29) is 5.58 Å². The Morgan fingerprint density at radius 3 is 2.29 bits per heavy atom. The Kier molecular flexibility index (Phi) is 2.47. The first-order valence-electron chi connectivity index (χ1n) is 5.08. The maximum atomic E-state index is 12.4. The van der Waals surface area contributed by atoms with E-state index in [1.54, 1.807) is 26.0 Å². The van der Waals surface area contributed by atoms with Gasteiger partial charge in [0.25, 0.3) is 0 Å². The molecule has 0 amide bonds. The van der Waals surface area contributed by atoms with Crippen molar-refractivity contribution in [2.75, 3.05) is 0 Å². The fourth-order valence-electron chi connectivity index (χ4n) is 1.58. The number of halogens is 3. The average molecular weight is 243 g/mol. The highest BCUT2D eigenvalue weighted by molar-refractivity contribution is 5.79. The molecule has 0 unspecified atom stereocenters. The number of fused-ring (bicyclic) bond motifs is 1. The first kappa shape index (κ1) is 12.0. The summed E-state index contributed by atoms with van der Waals surface area (Å²) in [5.41, 5.74) is 6.27. The van der Waals surface area contributed by atoms with E-state index in [0.29, 0.717) is 5.39 Å². The van der Waals surface area contributed by atoms with E-state index in [1.165, 1.54) is 6.07 Å². The lowest BCUT2D eigenvalue weighted by Gasteiger charge is -2.18. The molecule has 0 radical (unpaired) electrons. The lowest BCUT2D eigenvalue weighted by atomic mass is 9.95. The molecule has 1 aromatic heterocycles. The van der Waals surface area contributed by atoms with Crippen LogP contribution in [0.4, 0.5) is 13.2 Å². The van der Waals surface area contributed by atoms with Gasteiger partial charge in [0.2, 0.25) is 5.76 Å². The summed E-state index contributed by atoms with van der Waals surface area (Å²) in [6.07, 6.45) is -4.46. The van der Waals surface area contributed by atoms with Gasteiger partial charge in [-0.1, -0.05) is 6.07 Å². The minimum Gasteiger partial charge on any atom is -0.452 e. The summed E-state index contributed by atoms with van der Waals surface area (Å²) in [5, 5.41) is 0.411. The van der Waals surface area contributed by atoms with Crippen LogP contribution in [0, 0.1) is 0 Å². The van der Waals surface area contributed by atoms with E-state index in [4.69, 9.17) is 10.2 Å². The molecule has 1 aromatic carbocycles. The Balaban J connectivity index is 2.56. The molecule has 2 aromatic rings. The van der Waals surface area contributed by atoms with Crippen LogP contribution in [-0.2, 0) is 11.7 Å². The van der Waals surface area contributed by atoms with Gasteiger partial charge in [0, 0.05) is 10.9 Å². The fourth-order valence-corrected chi connectivity index (χ4v) is 1.58. The van der Waals surface area contributed by atoms with E-state index in [9.17, 15) is 13.2 Å². The van der Waals surface area contributed by atoms with E-state index in [1.807, 2.05) is 0 Å². The minimum atomic E-state index is -4.46. The first-order valence-corrected chi connectivity index (χ1v) is 5.08. The van der Waals surface area contributed by atoms with Crippen LogP contribution in [0.15, 0.2) is 28.7 Å². The van der Waals surface area contributed by atoms with Gasteiger partial charge in [0.15, 0.2) is 0 Å². The van der Waals surface area contributed by atoms with Crippen molar-refractivity contribution in [1.29, 1.82) is 0 Å². The van der Waals surface area contributed by atoms with Crippen molar-refractivity contribution in [3.8, 4) is 0 Å². The summed E-state index contributed by atoms with van der Waals surface area (Å²) in [6, 6.07) is 5.79. The maximum absolute atomic E-state index is 12.4. The third-order valence-electron chi connectivity index (χ3n) is 2.54. The van der Waals surface area contributed by atoms with Gasteiger partial charge in [-0.15, -0.1) is 0 Å². The Labute approximate surface area is 96.2 Å². The van der Waals surface area contributed by atoms with Gasteiger partial charge in [0.05, 0.1) is 0 Å². The Hall–Kier alpha value is -1.49. The Morgan fingerprint density at radius 1 is 1.12 bits per heavy atom. The van der Waals surface area contributed by atoms with Crippen LogP contribution >= 0.6 is 0 Å². The van der Waals surface area contributed by atoms with Gasteiger partial charge in [-0.2, -0.15) is 13.2 Å². The number of rotatable bonds is 1. The Morgan fingerprint density at radius 2 is 1.76 bits per heavy atom. The zero-order valence-electron chi connectivity index (χ0n) is 9.43. The molecule has 2 nitrogen and oxygen atoms in total. The van der Waals surface area contributed by atoms with Crippen molar-refractivity contribution in [3.05, 3.63) is 35.6 Å². The van der Waals surface area contributed by atoms with Crippen molar-refractivity contribution < 1.29 is 17.6 Å². The van der Waals surface area contributed by atoms with Crippen LogP contribution in [0.2, 0.25) is 0 Å². The molecule has 0 fully saturated rings. The lowest BCUT2D eigenvalue weighted by Crippen LogP contribution is -2.28. The summed E-state index contributed by atoms with van der Waals surface area (Å²) in [5.74, 6) is -0.987. The SMILES string of the molecule is CC(C)(N)c1ccc2oc(C(F)(F)F)cc2c1. The van der Waals surface area contributed by atoms with Crippen molar-refractivity contribution in [3.63, 3.8) is 0 Å². The number of alkyl halides is 3. The van der Waals surface area contributed by atoms with Gasteiger partial charge in [-0.3, -0.25) is 0 Å². The monoisotopic (exact) mass is 243 g/mol. The maximum Gasteiger partial charge on any atom is 0.449 e. The third-order valence-corrected chi connectivity index (χ3v) is 2.54. The molecule has 0 spiro atoms. The summed E-state index contributed by atoms with van der Waals surface area (Å²) < 4.78 is 42.1. The zero-order chi connectivity index (χ0) is 12.8. The molecule has 0 bridgehead atoms. The van der Waals surface area contributed by atoms with E-state index in [2.05, 4.69) is 0 Å². The first-order chi connectivity index (χ1) is 7.68. The summed E-state index contributed by atoms with van der Waals surface area (Å²) >= 11 is 0. The molecular formula is C12H12F3NO. The molecule has 17 heavy (non-hydrogen) atoms. The normalized spacial score (nSPS) is 13.3. The summed E-state index contributed by atoms with van der Waals surface area (Å²) in [7, 11) is 0. The highest BCUT2D eigenvalue weighted by Crippen LogP contribution is 2.34. The lowest BCUT2D eigenvalue weighted by molar-refractivity contribution is -0.152. The molecule has 0 saturated carbocycles. The van der Waals surface area contributed by atoms with Crippen molar-refractivity contribution in [1.82, 2.24) is 0 Å². The van der Waals surface area contributed by atoms with Crippen LogP contribution in [0.25, 0.3) is 11.0 Å². The standard InChI is InChI=1S/C12H12F3NO/c1-11(2,16)8-3-4-9-7(5-8)6-10(17-9)12(13,14)15/h3-6H,16H2,1-2H3.